The number of hydrogen-bond acceptors (Lipinski definition) is 6. The molecule has 154 valence electrons. The normalized spacial score (nSPS) is 20.6. The molecular weight excluding hydrogens is 449 g/mol. The Morgan fingerprint density at radius 3 is 2.53 bits per heavy atom. The molecular formula is C20H15Cl2N3O4S. The maximum absolute atomic E-state index is 13.4. The molecule has 1 heterocycles. The summed E-state index contributed by atoms with van der Waals surface area (Å²) < 4.78 is 32.6. The van der Waals surface area contributed by atoms with E-state index >= 15 is 0 Å². The summed E-state index contributed by atoms with van der Waals surface area (Å²) in [7, 11) is -4.23. The van der Waals surface area contributed by atoms with Crippen molar-refractivity contribution in [1.82, 2.24) is 4.31 Å². The van der Waals surface area contributed by atoms with Gasteiger partial charge < -0.3 is 4.74 Å². The second kappa shape index (κ2) is 8.25. The predicted molar refractivity (Wildman–Crippen MR) is 109 cm³/mol. The quantitative estimate of drug-likeness (QED) is 0.625. The van der Waals surface area contributed by atoms with E-state index in [1.165, 1.54) is 36.4 Å². The van der Waals surface area contributed by atoms with E-state index in [2.05, 4.69) is 0 Å². The maximum Gasteiger partial charge on any atom is 0.326 e. The van der Waals surface area contributed by atoms with Crippen LogP contribution in [0, 0.1) is 28.6 Å². The molecule has 1 aliphatic rings. The Morgan fingerprint density at radius 2 is 1.93 bits per heavy atom. The molecule has 0 spiro atoms. The van der Waals surface area contributed by atoms with Crippen molar-refractivity contribution in [2.75, 3.05) is 6.61 Å². The van der Waals surface area contributed by atoms with Gasteiger partial charge in [-0.25, -0.2) is 8.42 Å². The number of hydrogen-bond donors (Lipinski definition) is 0. The molecule has 0 aromatic heterocycles. The van der Waals surface area contributed by atoms with Crippen molar-refractivity contribution in [2.24, 2.45) is 5.92 Å². The van der Waals surface area contributed by atoms with E-state index < -0.39 is 27.4 Å². The Labute approximate surface area is 184 Å². The smallest absolute Gasteiger partial charge is 0.326 e. The van der Waals surface area contributed by atoms with Crippen molar-refractivity contribution in [2.45, 2.75) is 23.9 Å². The zero-order chi connectivity index (χ0) is 22.1. The second-order valence-corrected chi connectivity index (χ2v) is 9.11. The van der Waals surface area contributed by atoms with Gasteiger partial charge in [-0.1, -0.05) is 47.5 Å². The second-order valence-electron chi connectivity index (χ2n) is 6.44. The van der Waals surface area contributed by atoms with Gasteiger partial charge in [0.05, 0.1) is 23.6 Å². The molecule has 0 N–H and O–H groups in total. The summed E-state index contributed by atoms with van der Waals surface area (Å²) in [6.45, 7) is 1.17. The van der Waals surface area contributed by atoms with Crippen LogP contribution in [0.5, 0.6) is 0 Å². The molecule has 0 amide bonds. The third-order valence-electron chi connectivity index (χ3n) is 4.83. The third-order valence-corrected chi connectivity index (χ3v) is 7.32. The van der Waals surface area contributed by atoms with Gasteiger partial charge in [0.1, 0.15) is 0 Å². The molecule has 0 radical (unpaired) electrons. The number of halogens is 2. The highest BCUT2D eigenvalue weighted by Gasteiger charge is 2.61. The van der Waals surface area contributed by atoms with Crippen LogP contribution in [0.4, 0.5) is 0 Å². The fraction of sp³-hybridized carbons (Fsp3) is 0.250. The van der Waals surface area contributed by atoms with Crippen LogP contribution in [-0.2, 0) is 31.6 Å². The van der Waals surface area contributed by atoms with Gasteiger partial charge in [-0.2, -0.15) is 14.8 Å². The molecule has 1 aliphatic heterocycles. The minimum absolute atomic E-state index is 0.0318. The first-order chi connectivity index (χ1) is 14.2. The van der Waals surface area contributed by atoms with E-state index in [1.807, 2.05) is 6.07 Å². The molecule has 10 heteroatoms. The van der Waals surface area contributed by atoms with Gasteiger partial charge in [0.15, 0.2) is 11.5 Å². The average Bonchev–Trinajstić information content (AvgIpc) is 2.90. The molecule has 2 unspecified atom stereocenters. The van der Waals surface area contributed by atoms with E-state index in [0.29, 0.717) is 10.6 Å². The standard InChI is InChI=1S/C20H15Cl2N3O4S/c1-2-29-19(26)16(10-23)20(12-24)15-5-3-4-6-18(15)30(27,28)25(20)11-13-7-8-14(21)9-17(13)22/h3-9,16H,2,11H2,1H3. The minimum Gasteiger partial charge on any atom is -0.465 e. The lowest BCUT2D eigenvalue weighted by molar-refractivity contribution is -0.149. The number of benzene rings is 2. The molecule has 7 nitrogen and oxygen atoms in total. The largest absolute Gasteiger partial charge is 0.465 e. The van der Waals surface area contributed by atoms with Crippen LogP contribution in [-0.4, -0.2) is 25.3 Å². The van der Waals surface area contributed by atoms with Crippen molar-refractivity contribution in [3.8, 4) is 12.1 Å². The summed E-state index contributed by atoms with van der Waals surface area (Å²) in [5.74, 6) is -2.70. The number of esters is 1. The summed E-state index contributed by atoms with van der Waals surface area (Å²) in [6, 6.07) is 14.0. The molecule has 3 rings (SSSR count). The molecule has 2 aromatic rings. The lowest BCUT2D eigenvalue weighted by Crippen LogP contribution is -2.50. The van der Waals surface area contributed by atoms with Crippen molar-refractivity contribution < 1.29 is 17.9 Å². The first kappa shape index (κ1) is 22.1. The SMILES string of the molecule is CCOC(=O)C(C#N)C1(C#N)c2ccccc2S(=O)(=O)N1Cc1ccc(Cl)cc1Cl. The third kappa shape index (κ3) is 3.32. The van der Waals surface area contributed by atoms with Crippen molar-refractivity contribution in [1.29, 1.82) is 10.5 Å². The zero-order valence-electron chi connectivity index (χ0n) is 15.7. The first-order valence-electron chi connectivity index (χ1n) is 8.77. The molecule has 0 saturated carbocycles. The zero-order valence-corrected chi connectivity index (χ0v) is 18.0. The number of nitriles is 2. The fourth-order valence-corrected chi connectivity index (χ4v) is 5.88. The van der Waals surface area contributed by atoms with Crippen LogP contribution in [0.3, 0.4) is 0 Å². The topological polar surface area (TPSA) is 111 Å². The van der Waals surface area contributed by atoms with Crippen LogP contribution in [0.25, 0.3) is 0 Å². The molecule has 2 atom stereocenters. The van der Waals surface area contributed by atoms with Crippen molar-refractivity contribution >= 4 is 39.2 Å². The van der Waals surface area contributed by atoms with Crippen LogP contribution < -0.4 is 0 Å². The summed E-state index contributed by atoms with van der Waals surface area (Å²) in [5, 5.41) is 20.5. The molecule has 0 saturated heterocycles. The lowest BCUT2D eigenvalue weighted by atomic mass is 9.79. The average molecular weight is 464 g/mol. The Kier molecular flexibility index (Phi) is 6.07. The minimum atomic E-state index is -4.23. The molecule has 2 aromatic carbocycles. The van der Waals surface area contributed by atoms with Gasteiger partial charge in [0.25, 0.3) is 0 Å². The van der Waals surface area contributed by atoms with Crippen LogP contribution in [0.15, 0.2) is 47.4 Å². The van der Waals surface area contributed by atoms with E-state index in [-0.39, 0.29) is 28.6 Å². The summed E-state index contributed by atoms with van der Waals surface area (Å²) in [4.78, 5) is 12.4. The number of nitrogens with zero attached hydrogens (tertiary/aromatic N) is 3. The molecule has 0 aliphatic carbocycles. The van der Waals surface area contributed by atoms with E-state index in [0.717, 1.165) is 4.31 Å². The molecule has 0 fully saturated rings. The Hall–Kier alpha value is -2.62. The number of carbonyl (C=O) groups excluding carboxylic acids is 1. The number of sulfonamides is 1. The highest BCUT2D eigenvalue weighted by molar-refractivity contribution is 7.89. The highest BCUT2D eigenvalue weighted by atomic mass is 35.5. The first-order valence-corrected chi connectivity index (χ1v) is 11.0. The fourth-order valence-electron chi connectivity index (χ4n) is 3.49. The van der Waals surface area contributed by atoms with Crippen molar-refractivity contribution in [3.05, 3.63) is 63.6 Å². The summed E-state index contributed by atoms with van der Waals surface area (Å²) >= 11 is 12.2. The maximum atomic E-state index is 13.4. The summed E-state index contributed by atoms with van der Waals surface area (Å²) in [5.41, 5.74) is -1.73. The predicted octanol–water partition coefficient (Wildman–Crippen LogP) is 3.62. The number of ether oxygens (including phenoxy) is 1. The Balaban J connectivity index is 2.28. The van der Waals surface area contributed by atoms with Gasteiger partial charge in [-0.05, 0) is 30.7 Å². The summed E-state index contributed by atoms with van der Waals surface area (Å²) in [6.07, 6.45) is 0. The van der Waals surface area contributed by atoms with Gasteiger partial charge in [0.2, 0.25) is 10.0 Å². The van der Waals surface area contributed by atoms with Crippen LogP contribution >= 0.6 is 23.2 Å². The van der Waals surface area contributed by atoms with Crippen molar-refractivity contribution in [3.63, 3.8) is 0 Å². The molecule has 30 heavy (non-hydrogen) atoms. The Bertz CT molecular complexity index is 1200. The highest BCUT2D eigenvalue weighted by Crippen LogP contribution is 2.49. The van der Waals surface area contributed by atoms with Gasteiger partial charge in [-0.3, -0.25) is 4.79 Å². The Morgan fingerprint density at radius 1 is 1.23 bits per heavy atom. The lowest BCUT2D eigenvalue weighted by Gasteiger charge is -2.33. The number of carbonyl (C=O) groups is 1. The van der Waals surface area contributed by atoms with Gasteiger partial charge >= 0.3 is 5.97 Å². The molecule has 0 bridgehead atoms. The monoisotopic (exact) mass is 463 g/mol. The van der Waals surface area contributed by atoms with Crippen LogP contribution in [0.2, 0.25) is 10.0 Å². The van der Waals surface area contributed by atoms with Gasteiger partial charge in [-0.15, -0.1) is 0 Å². The number of fused-ring (bicyclic) bond motifs is 1. The van der Waals surface area contributed by atoms with E-state index in [4.69, 9.17) is 27.9 Å². The number of rotatable bonds is 5. The van der Waals surface area contributed by atoms with E-state index in [1.54, 1.807) is 19.1 Å². The van der Waals surface area contributed by atoms with E-state index in [9.17, 15) is 23.7 Å². The van der Waals surface area contributed by atoms with Crippen LogP contribution in [0.1, 0.15) is 18.1 Å². The van der Waals surface area contributed by atoms with Gasteiger partial charge in [0, 0.05) is 22.2 Å².